The molecule has 3 aromatic carbocycles. The Morgan fingerprint density at radius 1 is 1.00 bits per heavy atom. The first kappa shape index (κ1) is 33.8. The number of ether oxygens (including phenoxy) is 2. The molecule has 0 saturated carbocycles. The van der Waals surface area contributed by atoms with Crippen LogP contribution < -0.4 is 14.9 Å². The second kappa shape index (κ2) is 14.3. The molecule has 0 saturated heterocycles. The Hall–Kier alpha value is -4.08. The summed E-state index contributed by atoms with van der Waals surface area (Å²) >= 11 is 6.06. The van der Waals surface area contributed by atoms with Gasteiger partial charge in [-0.05, 0) is 66.3 Å². The van der Waals surface area contributed by atoms with E-state index in [-0.39, 0.29) is 46.4 Å². The van der Waals surface area contributed by atoms with E-state index in [0.717, 1.165) is 5.56 Å². The highest BCUT2D eigenvalue weighted by atomic mass is 35.5. The molecular formula is C35H35ClF3NO5. The zero-order chi connectivity index (χ0) is 32.9. The molecule has 1 heterocycles. The Kier molecular flexibility index (Phi) is 10.8. The Morgan fingerprint density at radius 2 is 1.67 bits per heavy atom. The topological polar surface area (TPSA) is 69.0 Å². The number of benzene rings is 3. The zero-order valence-corrected chi connectivity index (χ0v) is 26.5. The molecule has 0 N–H and O–H groups in total. The summed E-state index contributed by atoms with van der Waals surface area (Å²) in [7, 11) is 0. The summed E-state index contributed by atoms with van der Waals surface area (Å²) < 4.78 is 60.1. The van der Waals surface area contributed by atoms with Crippen LogP contribution in [-0.2, 0) is 17.5 Å². The summed E-state index contributed by atoms with van der Waals surface area (Å²) in [5.74, 6) is -2.92. The lowest BCUT2D eigenvalue weighted by Gasteiger charge is -2.27. The van der Waals surface area contributed by atoms with E-state index < -0.39 is 29.1 Å². The van der Waals surface area contributed by atoms with Crippen LogP contribution in [-0.4, -0.2) is 24.0 Å². The molecule has 0 aliphatic rings. The van der Waals surface area contributed by atoms with Gasteiger partial charge in [-0.1, -0.05) is 69.6 Å². The molecule has 4 aromatic rings. The van der Waals surface area contributed by atoms with Gasteiger partial charge in [0, 0.05) is 30.7 Å². The minimum atomic E-state index is -5.08. The van der Waals surface area contributed by atoms with Crippen molar-refractivity contribution in [1.29, 1.82) is 0 Å². The highest BCUT2D eigenvalue weighted by Crippen LogP contribution is 2.40. The lowest BCUT2D eigenvalue weighted by molar-refractivity contribution is -0.154. The normalized spacial score (nSPS) is 12.2. The minimum absolute atomic E-state index is 0.00920. The Morgan fingerprint density at radius 3 is 2.27 bits per heavy atom. The van der Waals surface area contributed by atoms with Crippen molar-refractivity contribution in [2.75, 3.05) is 13.1 Å². The number of fused-ring (bicyclic) bond motifs is 1. The first-order chi connectivity index (χ1) is 21.2. The van der Waals surface area contributed by atoms with E-state index in [9.17, 15) is 22.8 Å². The number of aryl methyl sites for hydroxylation is 1. The van der Waals surface area contributed by atoms with E-state index in [1.807, 2.05) is 50.8 Å². The van der Waals surface area contributed by atoms with Gasteiger partial charge in [0.25, 0.3) is 5.76 Å². The van der Waals surface area contributed by atoms with Gasteiger partial charge >= 0.3 is 12.1 Å². The fourth-order valence-corrected chi connectivity index (χ4v) is 5.05. The standard InChI is InChI=1S/C35H35ClF3NO5/c1-21(2)18-40(19-22(3)4)20-27-29(44-30(41)16-11-24-9-7-6-8-10-24)15-13-26-31(42)33(34(35(37,38)39)45-32(26)27)43-25-12-14-28(36)23(5)17-25/h6-17,21-22H,18-20H2,1-5H3/b16-11+. The van der Waals surface area contributed by atoms with Crippen LogP contribution in [0.2, 0.25) is 5.02 Å². The van der Waals surface area contributed by atoms with Crippen molar-refractivity contribution >= 4 is 34.6 Å². The van der Waals surface area contributed by atoms with Crippen molar-refractivity contribution in [3.8, 4) is 17.2 Å². The van der Waals surface area contributed by atoms with Gasteiger partial charge in [0.05, 0.1) is 10.9 Å². The van der Waals surface area contributed by atoms with Crippen LogP contribution in [0.3, 0.4) is 0 Å². The predicted molar refractivity (Wildman–Crippen MR) is 170 cm³/mol. The third-order valence-corrected chi connectivity index (χ3v) is 7.16. The number of carbonyl (C=O) groups is 1. The number of alkyl halides is 3. The van der Waals surface area contributed by atoms with Crippen molar-refractivity contribution in [2.24, 2.45) is 11.8 Å². The summed E-state index contributed by atoms with van der Waals surface area (Å²) in [6, 6.07) is 16.0. The molecule has 0 aliphatic carbocycles. The van der Waals surface area contributed by atoms with Crippen LogP contribution in [0.1, 0.15) is 50.1 Å². The molecule has 10 heteroatoms. The Bertz CT molecular complexity index is 1740. The monoisotopic (exact) mass is 641 g/mol. The third-order valence-electron chi connectivity index (χ3n) is 6.74. The molecule has 0 spiro atoms. The van der Waals surface area contributed by atoms with Crippen molar-refractivity contribution in [2.45, 2.75) is 47.3 Å². The smallest absolute Gasteiger partial charge is 0.449 e. The van der Waals surface area contributed by atoms with Crippen LogP contribution in [0.15, 0.2) is 76.0 Å². The fourth-order valence-electron chi connectivity index (χ4n) is 4.93. The fraction of sp³-hybridized carbons (Fsp3) is 0.314. The quantitative estimate of drug-likeness (QED) is 0.0924. The van der Waals surface area contributed by atoms with Gasteiger partial charge in [0.2, 0.25) is 11.2 Å². The molecule has 0 fully saturated rings. The van der Waals surface area contributed by atoms with Crippen LogP contribution in [0.25, 0.3) is 17.0 Å². The van der Waals surface area contributed by atoms with Crippen molar-refractivity contribution in [3.05, 3.63) is 104 Å². The largest absolute Gasteiger partial charge is 0.453 e. The van der Waals surface area contributed by atoms with Gasteiger partial charge in [0.15, 0.2) is 0 Å². The van der Waals surface area contributed by atoms with Gasteiger partial charge in [-0.15, -0.1) is 0 Å². The number of rotatable bonds is 11. The van der Waals surface area contributed by atoms with E-state index in [1.165, 1.54) is 36.4 Å². The number of nitrogens with zero attached hydrogens (tertiary/aromatic N) is 1. The molecule has 45 heavy (non-hydrogen) atoms. The van der Waals surface area contributed by atoms with Crippen molar-refractivity contribution < 1.29 is 31.9 Å². The molecule has 4 rings (SSSR count). The molecule has 0 amide bonds. The second-order valence-electron chi connectivity index (χ2n) is 11.7. The number of hydrogen-bond acceptors (Lipinski definition) is 6. The van der Waals surface area contributed by atoms with Crippen LogP contribution in [0, 0.1) is 18.8 Å². The van der Waals surface area contributed by atoms with Gasteiger partial charge in [-0.2, -0.15) is 13.2 Å². The van der Waals surface area contributed by atoms with E-state index in [4.69, 9.17) is 25.5 Å². The molecule has 0 aliphatic heterocycles. The summed E-state index contributed by atoms with van der Waals surface area (Å²) in [5, 5.41) is 0.244. The van der Waals surface area contributed by atoms with Crippen LogP contribution >= 0.6 is 11.6 Å². The maximum Gasteiger partial charge on any atom is 0.453 e. The van der Waals surface area contributed by atoms with E-state index in [2.05, 4.69) is 0 Å². The molecule has 1 aromatic heterocycles. The van der Waals surface area contributed by atoms with E-state index in [0.29, 0.717) is 23.7 Å². The van der Waals surface area contributed by atoms with Gasteiger partial charge in [-0.3, -0.25) is 9.69 Å². The zero-order valence-electron chi connectivity index (χ0n) is 25.7. The number of carbonyl (C=O) groups excluding carboxylic acids is 1. The summed E-state index contributed by atoms with van der Waals surface area (Å²) in [6.45, 7) is 11.0. The number of esters is 1. The van der Waals surface area contributed by atoms with Crippen molar-refractivity contribution in [3.63, 3.8) is 0 Å². The summed E-state index contributed by atoms with van der Waals surface area (Å²) in [5.41, 5.74) is 0.114. The van der Waals surface area contributed by atoms with Gasteiger partial charge < -0.3 is 13.9 Å². The molecular weight excluding hydrogens is 607 g/mol. The molecule has 0 atom stereocenters. The third kappa shape index (κ3) is 8.77. The lowest BCUT2D eigenvalue weighted by Crippen LogP contribution is -2.31. The SMILES string of the molecule is Cc1cc(Oc2c(C(F)(F)F)oc3c(CN(CC(C)C)CC(C)C)c(OC(=O)/C=C/c4ccccc4)ccc3c2=O)ccc1Cl. The van der Waals surface area contributed by atoms with Gasteiger partial charge in [-0.25, -0.2) is 4.79 Å². The van der Waals surface area contributed by atoms with Crippen LogP contribution in [0.4, 0.5) is 13.2 Å². The maximum atomic E-state index is 14.5. The molecule has 0 radical (unpaired) electrons. The average molecular weight is 642 g/mol. The Labute approximate surface area is 265 Å². The molecule has 6 nitrogen and oxygen atoms in total. The predicted octanol–water partition coefficient (Wildman–Crippen LogP) is 9.30. The summed E-state index contributed by atoms with van der Waals surface area (Å²) in [6.07, 6.45) is -2.29. The van der Waals surface area contributed by atoms with Gasteiger partial charge in [0.1, 0.15) is 17.1 Å². The lowest BCUT2D eigenvalue weighted by atomic mass is 10.1. The first-order valence-electron chi connectivity index (χ1n) is 14.5. The number of hydrogen-bond donors (Lipinski definition) is 0. The van der Waals surface area contributed by atoms with E-state index >= 15 is 0 Å². The first-order valence-corrected chi connectivity index (χ1v) is 14.9. The van der Waals surface area contributed by atoms with E-state index in [1.54, 1.807) is 25.1 Å². The minimum Gasteiger partial charge on any atom is -0.449 e. The molecule has 238 valence electrons. The second-order valence-corrected chi connectivity index (χ2v) is 12.1. The van der Waals surface area contributed by atoms with Crippen LogP contribution in [0.5, 0.6) is 17.2 Å². The Balaban J connectivity index is 1.88. The van der Waals surface area contributed by atoms with Crippen molar-refractivity contribution in [1.82, 2.24) is 4.90 Å². The molecule has 0 bridgehead atoms. The maximum absolute atomic E-state index is 14.5. The average Bonchev–Trinajstić information content (AvgIpc) is 2.95. The number of halogens is 4. The highest BCUT2D eigenvalue weighted by Gasteiger charge is 2.41. The highest BCUT2D eigenvalue weighted by molar-refractivity contribution is 6.31. The summed E-state index contributed by atoms with van der Waals surface area (Å²) in [4.78, 5) is 28.6. The molecule has 0 unspecified atom stereocenters.